The first kappa shape index (κ1) is 18.4. The van der Waals surface area contributed by atoms with E-state index in [1.807, 2.05) is 6.92 Å². The van der Waals surface area contributed by atoms with E-state index in [0.29, 0.717) is 17.9 Å². The highest BCUT2D eigenvalue weighted by Gasteiger charge is 2.18. The Morgan fingerprint density at radius 3 is 2.44 bits per heavy atom. The molecule has 0 aromatic heterocycles. The molecule has 0 fully saturated rings. The summed E-state index contributed by atoms with van der Waals surface area (Å²) in [4.78, 5) is 23.3. The SMILES string of the molecule is CCCOc1ccc([C@H](CC(=O)[O-])NC(=O)c2ccccc2F)cc1. The number of carbonyl (C=O) groups excluding carboxylic acids is 2. The van der Waals surface area contributed by atoms with Gasteiger partial charge in [0.15, 0.2) is 0 Å². The monoisotopic (exact) mass is 344 g/mol. The fourth-order valence-corrected chi connectivity index (χ4v) is 2.32. The third-order valence-corrected chi connectivity index (χ3v) is 3.55. The van der Waals surface area contributed by atoms with E-state index in [4.69, 9.17) is 4.74 Å². The Morgan fingerprint density at radius 2 is 1.84 bits per heavy atom. The van der Waals surface area contributed by atoms with Crippen molar-refractivity contribution in [1.29, 1.82) is 0 Å². The fraction of sp³-hybridized carbons (Fsp3) is 0.263. The van der Waals surface area contributed by atoms with Crippen LogP contribution in [0.15, 0.2) is 48.5 Å². The molecule has 0 saturated carbocycles. The lowest BCUT2D eigenvalue weighted by molar-refractivity contribution is -0.306. The van der Waals surface area contributed by atoms with Gasteiger partial charge in [0.1, 0.15) is 11.6 Å². The molecule has 0 saturated heterocycles. The standard InChI is InChI=1S/C19H20FNO4/c1-2-11-25-14-9-7-13(8-10-14)17(12-18(22)23)21-19(24)15-5-3-4-6-16(15)20/h3-10,17H,2,11-12H2,1H3,(H,21,24)(H,22,23)/p-1/t17-/m0/s1. The molecule has 25 heavy (non-hydrogen) atoms. The van der Waals surface area contributed by atoms with Gasteiger partial charge in [0, 0.05) is 12.4 Å². The first-order valence-electron chi connectivity index (χ1n) is 7.99. The van der Waals surface area contributed by atoms with Gasteiger partial charge in [-0.3, -0.25) is 4.79 Å². The highest BCUT2D eigenvalue weighted by molar-refractivity contribution is 5.94. The molecule has 5 nitrogen and oxygen atoms in total. The van der Waals surface area contributed by atoms with Gasteiger partial charge in [-0.15, -0.1) is 0 Å². The summed E-state index contributed by atoms with van der Waals surface area (Å²) in [5.41, 5.74) is 0.423. The number of nitrogens with one attached hydrogen (secondary N) is 1. The first-order valence-corrected chi connectivity index (χ1v) is 7.99. The number of rotatable bonds is 8. The number of carboxylic acid groups (broad SMARTS) is 1. The van der Waals surface area contributed by atoms with E-state index in [1.165, 1.54) is 24.3 Å². The molecule has 0 aliphatic rings. The van der Waals surface area contributed by atoms with E-state index >= 15 is 0 Å². The third-order valence-electron chi connectivity index (χ3n) is 3.55. The van der Waals surface area contributed by atoms with E-state index in [2.05, 4.69) is 5.32 Å². The molecule has 2 aromatic rings. The molecule has 132 valence electrons. The van der Waals surface area contributed by atoms with Crippen molar-refractivity contribution in [2.45, 2.75) is 25.8 Å². The number of carbonyl (C=O) groups is 2. The molecule has 0 radical (unpaired) electrons. The molecule has 0 aliphatic heterocycles. The van der Waals surface area contributed by atoms with Crippen molar-refractivity contribution in [2.75, 3.05) is 6.61 Å². The minimum absolute atomic E-state index is 0.145. The molecule has 0 heterocycles. The second kappa shape index (κ2) is 8.82. The zero-order valence-electron chi connectivity index (χ0n) is 13.8. The van der Waals surface area contributed by atoms with Gasteiger partial charge in [-0.25, -0.2) is 4.39 Å². The van der Waals surface area contributed by atoms with Crippen LogP contribution in [0.3, 0.4) is 0 Å². The Balaban J connectivity index is 2.17. The van der Waals surface area contributed by atoms with Crippen LogP contribution in [-0.2, 0) is 4.79 Å². The van der Waals surface area contributed by atoms with Crippen molar-refractivity contribution in [3.8, 4) is 5.75 Å². The maximum atomic E-state index is 13.7. The molecule has 1 amide bonds. The predicted molar refractivity (Wildman–Crippen MR) is 88.5 cm³/mol. The average Bonchev–Trinajstić information content (AvgIpc) is 2.59. The zero-order valence-corrected chi connectivity index (χ0v) is 13.8. The highest BCUT2D eigenvalue weighted by Crippen LogP contribution is 2.21. The van der Waals surface area contributed by atoms with E-state index in [0.717, 1.165) is 6.42 Å². The number of hydrogen-bond acceptors (Lipinski definition) is 4. The van der Waals surface area contributed by atoms with Crippen LogP contribution in [0.4, 0.5) is 4.39 Å². The Hall–Kier alpha value is -2.89. The Morgan fingerprint density at radius 1 is 1.16 bits per heavy atom. The van der Waals surface area contributed by atoms with E-state index in [-0.39, 0.29) is 5.56 Å². The lowest BCUT2D eigenvalue weighted by Gasteiger charge is -2.20. The maximum Gasteiger partial charge on any atom is 0.254 e. The van der Waals surface area contributed by atoms with Crippen molar-refractivity contribution >= 4 is 11.9 Å². The lowest BCUT2D eigenvalue weighted by Crippen LogP contribution is -2.34. The summed E-state index contributed by atoms with van der Waals surface area (Å²) in [6, 6.07) is 11.4. The first-order chi connectivity index (χ1) is 12.0. The molecule has 2 rings (SSSR count). The third kappa shape index (κ3) is 5.31. The van der Waals surface area contributed by atoms with Crippen molar-refractivity contribution in [2.24, 2.45) is 0 Å². The van der Waals surface area contributed by atoms with Crippen LogP contribution in [0, 0.1) is 5.82 Å². The normalized spacial score (nSPS) is 11.6. The van der Waals surface area contributed by atoms with Gasteiger partial charge in [-0.05, 0) is 36.2 Å². The van der Waals surface area contributed by atoms with Gasteiger partial charge >= 0.3 is 0 Å². The summed E-state index contributed by atoms with van der Waals surface area (Å²) < 4.78 is 19.2. The van der Waals surface area contributed by atoms with Crippen LogP contribution in [-0.4, -0.2) is 18.5 Å². The molecule has 0 aliphatic carbocycles. The minimum atomic E-state index is -1.31. The van der Waals surface area contributed by atoms with E-state index in [9.17, 15) is 19.1 Å². The van der Waals surface area contributed by atoms with Gasteiger partial charge in [0.2, 0.25) is 0 Å². The number of amides is 1. The van der Waals surface area contributed by atoms with Crippen molar-refractivity contribution in [1.82, 2.24) is 5.32 Å². The summed E-state index contributed by atoms with van der Waals surface area (Å²) in [7, 11) is 0. The largest absolute Gasteiger partial charge is 0.550 e. The van der Waals surface area contributed by atoms with E-state index in [1.54, 1.807) is 24.3 Å². The minimum Gasteiger partial charge on any atom is -0.550 e. The van der Waals surface area contributed by atoms with Gasteiger partial charge in [0.25, 0.3) is 5.91 Å². The van der Waals surface area contributed by atoms with Gasteiger partial charge in [-0.2, -0.15) is 0 Å². The Labute approximate surface area is 145 Å². The molecule has 1 N–H and O–H groups in total. The molecule has 6 heteroatoms. The summed E-state index contributed by atoms with van der Waals surface area (Å²) in [6.45, 7) is 2.56. The van der Waals surface area contributed by atoms with Crippen molar-refractivity contribution < 1.29 is 23.8 Å². The fourth-order valence-electron chi connectivity index (χ4n) is 2.32. The van der Waals surface area contributed by atoms with Crippen LogP contribution >= 0.6 is 0 Å². The Bertz CT molecular complexity index is 730. The summed E-state index contributed by atoms with van der Waals surface area (Å²) >= 11 is 0. The summed E-state index contributed by atoms with van der Waals surface area (Å²) in [6.07, 6.45) is 0.448. The molecular formula is C19H19FNO4-. The van der Waals surface area contributed by atoms with Crippen LogP contribution in [0.2, 0.25) is 0 Å². The van der Waals surface area contributed by atoms with Crippen LogP contribution in [0.5, 0.6) is 5.75 Å². The number of carboxylic acids is 1. The van der Waals surface area contributed by atoms with Crippen LogP contribution in [0.1, 0.15) is 41.7 Å². The predicted octanol–water partition coefficient (Wildman–Crippen LogP) is 2.23. The summed E-state index contributed by atoms with van der Waals surface area (Å²) in [5, 5.41) is 13.6. The van der Waals surface area contributed by atoms with Gasteiger partial charge < -0.3 is 20.0 Å². The topological polar surface area (TPSA) is 78.5 Å². The van der Waals surface area contributed by atoms with Crippen LogP contribution < -0.4 is 15.2 Å². The molecule has 0 spiro atoms. The van der Waals surface area contributed by atoms with Crippen LogP contribution in [0.25, 0.3) is 0 Å². The van der Waals surface area contributed by atoms with Crippen molar-refractivity contribution in [3.05, 3.63) is 65.5 Å². The number of hydrogen-bond donors (Lipinski definition) is 1. The van der Waals surface area contributed by atoms with Crippen molar-refractivity contribution in [3.63, 3.8) is 0 Å². The summed E-state index contributed by atoms with van der Waals surface area (Å²) in [5.74, 6) is -2.02. The molecule has 1 atom stereocenters. The van der Waals surface area contributed by atoms with Gasteiger partial charge in [0.05, 0.1) is 18.2 Å². The van der Waals surface area contributed by atoms with Gasteiger partial charge in [-0.1, -0.05) is 31.2 Å². The smallest absolute Gasteiger partial charge is 0.254 e. The number of halogens is 1. The maximum absolute atomic E-state index is 13.7. The lowest BCUT2D eigenvalue weighted by atomic mass is 10.0. The van der Waals surface area contributed by atoms with E-state index < -0.39 is 30.2 Å². The zero-order chi connectivity index (χ0) is 18.2. The number of benzene rings is 2. The molecule has 2 aromatic carbocycles. The Kier molecular flexibility index (Phi) is 6.51. The molecular weight excluding hydrogens is 325 g/mol. The number of ether oxygens (including phenoxy) is 1. The second-order valence-electron chi connectivity index (χ2n) is 5.50. The number of aliphatic carboxylic acids is 1. The average molecular weight is 344 g/mol. The molecule has 0 unspecified atom stereocenters. The second-order valence-corrected chi connectivity index (χ2v) is 5.50. The molecule has 0 bridgehead atoms. The highest BCUT2D eigenvalue weighted by atomic mass is 19.1. The quantitative estimate of drug-likeness (QED) is 0.796.